The molecule has 9 aromatic rings. The Labute approximate surface area is 390 Å². The number of nitrogens with zero attached hydrogens (tertiary/aromatic N) is 1. The third-order valence-corrected chi connectivity index (χ3v) is 14.4. The molecule has 9 aromatic carbocycles. The number of rotatable bonds is 10. The molecule has 1 unspecified atom stereocenters. The lowest BCUT2D eigenvalue weighted by atomic mass is 9.67. The van der Waals surface area contributed by atoms with Crippen LogP contribution in [0.3, 0.4) is 0 Å². The van der Waals surface area contributed by atoms with E-state index in [0.29, 0.717) is 45.3 Å². The van der Waals surface area contributed by atoms with Crippen LogP contribution in [0.1, 0.15) is 56.2 Å². The molecule has 2 aliphatic heterocycles. The van der Waals surface area contributed by atoms with E-state index in [0.717, 1.165) is 46.2 Å². The van der Waals surface area contributed by atoms with E-state index in [4.69, 9.17) is 22.0 Å². The zero-order valence-corrected chi connectivity index (χ0v) is 37.3. The van der Waals surface area contributed by atoms with Crippen LogP contribution in [-0.2, 0) is 15.8 Å². The molecule has 2 heterocycles. The molecule has 1 atom stereocenters. The lowest BCUT2D eigenvalue weighted by Crippen LogP contribution is -2.32. The van der Waals surface area contributed by atoms with Crippen LogP contribution < -0.4 is 17.3 Å². The van der Waals surface area contributed by atoms with Gasteiger partial charge in [0.2, 0.25) is 0 Å². The zero-order valence-electron chi connectivity index (χ0n) is 35.7. The summed E-state index contributed by atoms with van der Waals surface area (Å²) in [6, 6.07) is 61.0. The van der Waals surface area contributed by atoms with Crippen LogP contribution in [0.2, 0.25) is 0 Å². The van der Waals surface area contributed by atoms with E-state index in [9.17, 15) is 9.90 Å². The van der Waals surface area contributed by atoms with E-state index >= 15 is 0 Å². The fourth-order valence-corrected chi connectivity index (χ4v) is 10.8. The molecule has 322 valence electrons. The topological polar surface area (TPSA) is 86.7 Å². The minimum Gasteiger partial charge on any atom is -0.508 e. The van der Waals surface area contributed by atoms with E-state index in [1.807, 2.05) is 53.8 Å². The fourth-order valence-electron chi connectivity index (χ4n) is 9.99. The number of fused-ring (bicyclic) bond motifs is 11. The number of esters is 1. The third-order valence-electron chi connectivity index (χ3n) is 13.1. The molecule has 3 aliphatic rings. The second kappa shape index (κ2) is 15.7. The van der Waals surface area contributed by atoms with Crippen LogP contribution in [0, 0.1) is 0 Å². The lowest BCUT2D eigenvalue weighted by molar-refractivity contribution is 0.0224. The van der Waals surface area contributed by atoms with Crippen LogP contribution in [0.25, 0.3) is 32.7 Å². The molecule has 0 aromatic heterocycles. The van der Waals surface area contributed by atoms with Crippen LogP contribution >= 0.6 is 24.6 Å². The Morgan fingerprint density at radius 1 is 0.530 bits per heavy atom. The molecule has 12 rings (SSSR count). The highest BCUT2D eigenvalue weighted by Gasteiger charge is 2.53. The molecule has 10 heteroatoms. The van der Waals surface area contributed by atoms with Gasteiger partial charge in [0.15, 0.2) is 5.60 Å². The summed E-state index contributed by atoms with van der Waals surface area (Å²) < 4.78 is 32.8. The molecule has 0 saturated heterocycles. The van der Waals surface area contributed by atoms with Gasteiger partial charge in [-0.25, -0.2) is 9.10 Å². The summed E-state index contributed by atoms with van der Waals surface area (Å²) in [5.74, 6) is 2.31. The van der Waals surface area contributed by atoms with Crippen molar-refractivity contribution in [2.75, 3.05) is 13.6 Å². The summed E-state index contributed by atoms with van der Waals surface area (Å²) in [5.41, 5.74) is 7.95. The van der Waals surface area contributed by atoms with Gasteiger partial charge in [-0.15, -0.1) is 0 Å². The van der Waals surface area contributed by atoms with Gasteiger partial charge in [-0.1, -0.05) is 110 Å². The summed E-state index contributed by atoms with van der Waals surface area (Å²) in [7, 11) is 2.01. The standard InChI is InChI=1S/C56H39NO7S2/c1-3-57(2)65-62-41-23-18-34-28-38(20-16-36(34)30-41)55(47-13-7-4-10-44(47)45-11-5-8-14-48(45)55)39-21-17-37-31-42(24-19-35(37)29-39)63-66-64-43-25-27-51-53(33-43)60-52-32-40(58)22-26-50(52)56(51)49-15-9-6-12-46(49)54(59)61-56/h4-33,58H,3H2,1-2H3. The third kappa shape index (κ3) is 6.24. The molecular formula is C56H39NO7S2. The van der Waals surface area contributed by atoms with Crippen molar-refractivity contribution >= 4 is 52.1 Å². The lowest BCUT2D eigenvalue weighted by Gasteiger charge is -2.36. The second-order valence-corrected chi connectivity index (χ2v) is 18.1. The molecule has 0 amide bonds. The molecule has 0 saturated carbocycles. The minimum absolute atomic E-state index is 0.0299. The highest BCUT2D eigenvalue weighted by molar-refractivity contribution is 7.92. The number of benzene rings is 9. The van der Waals surface area contributed by atoms with Gasteiger partial charge < -0.3 is 27.1 Å². The molecule has 0 fully saturated rings. The molecule has 0 radical (unpaired) electrons. The van der Waals surface area contributed by atoms with E-state index in [1.54, 1.807) is 30.3 Å². The molecule has 1 aliphatic carbocycles. The number of carbonyl (C=O) groups is 1. The number of aromatic hydroxyl groups is 1. The normalized spacial score (nSPS) is 16.0. The first kappa shape index (κ1) is 40.2. The second-order valence-electron chi connectivity index (χ2n) is 16.7. The van der Waals surface area contributed by atoms with Gasteiger partial charge >= 0.3 is 5.97 Å². The molecule has 66 heavy (non-hydrogen) atoms. The van der Waals surface area contributed by atoms with Crippen molar-refractivity contribution in [1.29, 1.82) is 0 Å². The zero-order chi connectivity index (χ0) is 44.6. The monoisotopic (exact) mass is 901 g/mol. The Morgan fingerprint density at radius 2 is 1.03 bits per heavy atom. The van der Waals surface area contributed by atoms with Gasteiger partial charge in [0.05, 0.1) is 11.0 Å². The highest BCUT2D eigenvalue weighted by atomic mass is 32.2. The van der Waals surface area contributed by atoms with Crippen molar-refractivity contribution in [3.63, 3.8) is 0 Å². The minimum atomic E-state index is -1.25. The van der Waals surface area contributed by atoms with Crippen molar-refractivity contribution in [2.24, 2.45) is 0 Å². The Hall–Kier alpha value is -7.37. The largest absolute Gasteiger partial charge is 0.508 e. The average molecular weight is 902 g/mol. The summed E-state index contributed by atoms with van der Waals surface area (Å²) >= 11 is 2.19. The molecule has 1 N–H and O–H groups in total. The van der Waals surface area contributed by atoms with Crippen LogP contribution in [-0.4, -0.2) is 29.0 Å². The van der Waals surface area contributed by atoms with Gasteiger partial charge in [-0.3, -0.25) is 0 Å². The summed E-state index contributed by atoms with van der Waals surface area (Å²) in [5, 5.41) is 14.7. The van der Waals surface area contributed by atoms with E-state index in [-0.39, 0.29) is 5.75 Å². The predicted molar refractivity (Wildman–Crippen MR) is 260 cm³/mol. The SMILES string of the molecule is CCN(C)SOc1ccc2cc(C3(c4ccc5cc(OSOc6ccc7c(c6)Oc6cc(O)ccc6C76OC(=O)c7ccccc76)ccc5c4)c4ccccc4-c4ccccc43)ccc2c1. The number of hydrogen-bond acceptors (Lipinski definition) is 10. The predicted octanol–water partition coefficient (Wildman–Crippen LogP) is 13.5. The Kier molecular flexibility index (Phi) is 9.53. The first-order chi connectivity index (χ1) is 32.3. The highest BCUT2D eigenvalue weighted by Crippen LogP contribution is 2.58. The average Bonchev–Trinajstić information content (AvgIpc) is 3.82. The van der Waals surface area contributed by atoms with Crippen molar-refractivity contribution in [1.82, 2.24) is 4.31 Å². The summed E-state index contributed by atoms with van der Waals surface area (Å²) in [6.07, 6.45) is 0. The van der Waals surface area contributed by atoms with E-state index in [1.165, 1.54) is 51.7 Å². The van der Waals surface area contributed by atoms with E-state index < -0.39 is 17.0 Å². The van der Waals surface area contributed by atoms with Gasteiger partial charge in [-0.05, 0) is 122 Å². The van der Waals surface area contributed by atoms with E-state index in [2.05, 4.69) is 110 Å². The number of ether oxygens (including phenoxy) is 2. The van der Waals surface area contributed by atoms with Crippen LogP contribution in [0.4, 0.5) is 0 Å². The Balaban J connectivity index is 0.846. The summed E-state index contributed by atoms with van der Waals surface area (Å²) in [6.45, 7) is 2.98. The molecule has 8 nitrogen and oxygen atoms in total. The smallest absolute Gasteiger partial charge is 0.340 e. The van der Waals surface area contributed by atoms with Crippen molar-refractivity contribution in [3.05, 3.63) is 226 Å². The maximum Gasteiger partial charge on any atom is 0.340 e. The quantitative estimate of drug-likeness (QED) is 0.0813. The number of carbonyl (C=O) groups excluding carboxylic acids is 1. The van der Waals surface area contributed by atoms with Crippen LogP contribution in [0.5, 0.6) is 34.5 Å². The van der Waals surface area contributed by atoms with Crippen molar-refractivity contribution in [2.45, 2.75) is 17.9 Å². The molecule has 1 spiro atoms. The van der Waals surface area contributed by atoms with Crippen molar-refractivity contribution in [3.8, 4) is 45.6 Å². The van der Waals surface area contributed by atoms with Gasteiger partial charge in [-0.2, -0.15) is 0 Å². The Morgan fingerprint density at radius 3 is 1.67 bits per heavy atom. The van der Waals surface area contributed by atoms with Gasteiger partial charge in [0, 0.05) is 42.4 Å². The van der Waals surface area contributed by atoms with Gasteiger partial charge in [0.1, 0.15) is 46.7 Å². The van der Waals surface area contributed by atoms with Crippen LogP contribution in [0.15, 0.2) is 182 Å². The maximum absolute atomic E-state index is 13.2. The molecular weight excluding hydrogens is 863 g/mol. The Bertz CT molecular complexity index is 3400. The van der Waals surface area contributed by atoms with Crippen molar-refractivity contribution < 1.29 is 31.9 Å². The number of phenolic OH excluding ortho intramolecular Hbond substituents is 1. The number of hydrogen-bond donors (Lipinski definition) is 1. The summed E-state index contributed by atoms with van der Waals surface area (Å²) in [4.78, 5) is 13.2. The number of phenols is 1. The van der Waals surface area contributed by atoms with Gasteiger partial charge in [0.25, 0.3) is 12.3 Å². The molecule has 0 bridgehead atoms. The first-order valence-corrected chi connectivity index (χ1v) is 23.0. The fraction of sp³-hybridized carbons (Fsp3) is 0.0893. The maximum atomic E-state index is 13.2. The first-order valence-electron chi connectivity index (χ1n) is 21.7.